The van der Waals surface area contributed by atoms with Gasteiger partial charge >= 0.3 is 0 Å². The van der Waals surface area contributed by atoms with Crippen LogP contribution < -0.4 is 0 Å². The van der Waals surface area contributed by atoms with Crippen molar-refractivity contribution in [1.82, 2.24) is 0 Å². The minimum absolute atomic E-state index is 0.00386. The maximum absolute atomic E-state index is 10.1. The van der Waals surface area contributed by atoms with E-state index in [1.807, 2.05) is 0 Å². The summed E-state index contributed by atoms with van der Waals surface area (Å²) < 4.78 is 18.3. The number of hydrogen-bond acceptors (Lipinski definition) is 2. The van der Waals surface area contributed by atoms with E-state index in [2.05, 4.69) is 11.2 Å². The molecule has 0 amide bonds. The first-order valence-electron chi connectivity index (χ1n) is 1.57. The summed E-state index contributed by atoms with van der Waals surface area (Å²) in [5.74, 6) is 0.155. The van der Waals surface area contributed by atoms with Crippen molar-refractivity contribution in [1.29, 1.82) is 0 Å². The number of hydrogen-bond donors (Lipinski definition) is 1. The molecular weight excluding hydrogens is 156 g/mol. The Labute approximate surface area is 52.4 Å². The maximum Gasteiger partial charge on any atom is 0.142 e. The lowest BCUT2D eigenvalue weighted by molar-refractivity contribution is 0.563. The lowest BCUT2D eigenvalue weighted by Gasteiger charge is -1.88. The van der Waals surface area contributed by atoms with Crippen molar-refractivity contribution in [3.8, 4) is 0 Å². The summed E-state index contributed by atoms with van der Waals surface area (Å²) in [4.78, 5) is 0. The molecule has 0 bridgehead atoms. The Morgan fingerprint density at radius 1 is 1.86 bits per heavy atom. The van der Waals surface area contributed by atoms with Gasteiger partial charge in [-0.1, -0.05) is 0 Å². The topological polar surface area (TPSA) is 37.3 Å². The zero-order valence-electron chi connectivity index (χ0n) is 3.46. The summed E-state index contributed by atoms with van der Waals surface area (Å²) in [6, 6.07) is 0. The lowest BCUT2D eigenvalue weighted by atomic mass is 11.0. The highest BCUT2D eigenvalue weighted by atomic mass is 35.5. The molecule has 0 heterocycles. The van der Waals surface area contributed by atoms with Crippen LogP contribution in [0.2, 0.25) is 0 Å². The molecular formula is C2H5ClO2S2. The van der Waals surface area contributed by atoms with Crippen molar-refractivity contribution in [2.24, 2.45) is 0 Å². The zero-order valence-corrected chi connectivity index (χ0v) is 5.85. The second-order valence-corrected chi connectivity index (χ2v) is 4.49. The molecule has 1 atom stereocenters. The van der Waals surface area contributed by atoms with Crippen LogP contribution in [0.5, 0.6) is 0 Å². The molecule has 44 valence electrons. The molecule has 0 saturated heterocycles. The van der Waals surface area contributed by atoms with Gasteiger partial charge < -0.3 is 4.55 Å². The van der Waals surface area contributed by atoms with Crippen molar-refractivity contribution in [3.05, 3.63) is 0 Å². The molecule has 1 N–H and O–H groups in total. The van der Waals surface area contributed by atoms with Crippen molar-refractivity contribution < 1.29 is 8.76 Å². The van der Waals surface area contributed by atoms with Crippen molar-refractivity contribution in [2.75, 3.05) is 11.6 Å². The fraction of sp³-hybridized carbons (Fsp3) is 1.00. The molecule has 0 radical (unpaired) electrons. The molecule has 0 aromatic carbocycles. The molecule has 0 spiro atoms. The summed E-state index contributed by atoms with van der Waals surface area (Å²) >= 11 is 9.16. The van der Waals surface area contributed by atoms with Crippen molar-refractivity contribution in [2.45, 2.75) is 0 Å². The molecule has 0 fully saturated rings. The third-order valence-electron chi connectivity index (χ3n) is 0.335. The van der Waals surface area contributed by atoms with Gasteiger partial charge in [-0.3, -0.25) is 0 Å². The minimum Gasteiger partial charge on any atom is -0.306 e. The van der Waals surface area contributed by atoms with Crippen LogP contribution in [0.15, 0.2) is 0 Å². The Bertz CT molecular complexity index is 127. The molecule has 0 aliphatic carbocycles. The molecule has 0 aliphatic heterocycles. The molecule has 0 aromatic heterocycles. The highest BCUT2D eigenvalue weighted by molar-refractivity contribution is 8.29. The summed E-state index contributed by atoms with van der Waals surface area (Å²) in [5, 5.41) is 0. The molecule has 2 nitrogen and oxygen atoms in total. The standard InChI is InChI=1S/C2H5ClO2S2/c3-1-2-7(4,5)6/h1-2H2,(H,4,5,6). The van der Waals surface area contributed by atoms with Crippen LogP contribution in [-0.2, 0) is 20.0 Å². The van der Waals surface area contributed by atoms with Gasteiger partial charge in [-0.05, 0) is 0 Å². The first-order chi connectivity index (χ1) is 3.06. The van der Waals surface area contributed by atoms with E-state index < -0.39 is 8.77 Å². The van der Waals surface area contributed by atoms with Gasteiger partial charge in [0, 0.05) is 17.1 Å². The van der Waals surface area contributed by atoms with E-state index in [-0.39, 0.29) is 11.6 Å². The zero-order chi connectivity index (χ0) is 5.91. The van der Waals surface area contributed by atoms with Crippen LogP contribution in [0.1, 0.15) is 0 Å². The lowest BCUT2D eigenvalue weighted by Crippen LogP contribution is -2.02. The van der Waals surface area contributed by atoms with Gasteiger partial charge in [0.1, 0.15) is 8.77 Å². The second-order valence-electron chi connectivity index (χ2n) is 0.975. The summed E-state index contributed by atoms with van der Waals surface area (Å²) in [6.45, 7) is 0. The van der Waals surface area contributed by atoms with Gasteiger partial charge in [-0.2, -0.15) is 0 Å². The minimum atomic E-state index is -2.97. The number of halogens is 1. The Morgan fingerprint density at radius 2 is 2.29 bits per heavy atom. The predicted octanol–water partition coefficient (Wildman–Crippen LogP) is 0.445. The van der Waals surface area contributed by atoms with Gasteiger partial charge in [-0.15, -0.1) is 11.6 Å². The molecule has 5 heteroatoms. The average molecular weight is 161 g/mol. The van der Waals surface area contributed by atoms with Crippen molar-refractivity contribution >= 4 is 31.6 Å². The van der Waals surface area contributed by atoms with Gasteiger partial charge in [0.05, 0.1) is 5.75 Å². The third-order valence-corrected chi connectivity index (χ3v) is 1.97. The summed E-state index contributed by atoms with van der Waals surface area (Å²) in [5.41, 5.74) is 0. The quantitative estimate of drug-likeness (QED) is 0.596. The first-order valence-corrected chi connectivity index (χ1v) is 4.72. The molecule has 0 aliphatic rings. The van der Waals surface area contributed by atoms with E-state index >= 15 is 0 Å². The van der Waals surface area contributed by atoms with Gasteiger partial charge in [0.15, 0.2) is 0 Å². The fourth-order valence-electron chi connectivity index (χ4n) is 0.0975. The molecule has 1 unspecified atom stereocenters. The Kier molecular flexibility index (Phi) is 3.06. The molecule has 7 heavy (non-hydrogen) atoms. The van der Waals surface area contributed by atoms with Crippen LogP contribution in [0.4, 0.5) is 0 Å². The van der Waals surface area contributed by atoms with E-state index in [4.69, 9.17) is 16.2 Å². The monoisotopic (exact) mass is 160 g/mol. The Balaban J connectivity index is 3.60. The third kappa shape index (κ3) is 6.62. The SMILES string of the molecule is O=S(O)(=S)CCCl. The van der Waals surface area contributed by atoms with E-state index in [1.165, 1.54) is 0 Å². The summed E-state index contributed by atoms with van der Waals surface area (Å²) in [6.07, 6.45) is 0. The van der Waals surface area contributed by atoms with Gasteiger partial charge in [-0.25, -0.2) is 4.21 Å². The highest BCUT2D eigenvalue weighted by Crippen LogP contribution is 1.83. The highest BCUT2D eigenvalue weighted by Gasteiger charge is 1.94. The smallest absolute Gasteiger partial charge is 0.142 e. The van der Waals surface area contributed by atoms with Crippen LogP contribution in [0.25, 0.3) is 0 Å². The first kappa shape index (κ1) is 7.62. The normalized spacial score (nSPS) is 18.6. The second kappa shape index (κ2) is 2.81. The molecule has 0 rings (SSSR count). The van der Waals surface area contributed by atoms with Crippen molar-refractivity contribution in [3.63, 3.8) is 0 Å². The fourth-order valence-corrected chi connectivity index (χ4v) is 1.44. The molecule has 0 saturated carbocycles. The Morgan fingerprint density at radius 3 is 2.29 bits per heavy atom. The van der Waals surface area contributed by atoms with Gasteiger partial charge in [0.25, 0.3) is 0 Å². The number of rotatable bonds is 2. The van der Waals surface area contributed by atoms with Crippen LogP contribution in [0.3, 0.4) is 0 Å². The van der Waals surface area contributed by atoms with Crippen LogP contribution >= 0.6 is 11.6 Å². The van der Waals surface area contributed by atoms with Gasteiger partial charge in [0.2, 0.25) is 0 Å². The average Bonchev–Trinajstić information content (AvgIpc) is 1.30. The number of alkyl halides is 1. The van der Waals surface area contributed by atoms with Crippen LogP contribution in [0, 0.1) is 0 Å². The van der Waals surface area contributed by atoms with E-state index in [1.54, 1.807) is 0 Å². The van der Waals surface area contributed by atoms with Crippen LogP contribution in [-0.4, -0.2) is 20.4 Å². The maximum atomic E-state index is 10.1. The Hall–Kier alpha value is 0.620. The molecule has 0 aromatic rings. The van der Waals surface area contributed by atoms with E-state index in [0.717, 1.165) is 0 Å². The predicted molar refractivity (Wildman–Crippen MR) is 33.7 cm³/mol. The van der Waals surface area contributed by atoms with E-state index in [0.29, 0.717) is 0 Å². The van der Waals surface area contributed by atoms with E-state index in [9.17, 15) is 4.21 Å². The summed E-state index contributed by atoms with van der Waals surface area (Å²) in [7, 11) is -2.97. The largest absolute Gasteiger partial charge is 0.306 e.